The Morgan fingerprint density at radius 3 is 2.83 bits per heavy atom. The number of nitrogens with zero attached hydrogens (tertiary/aromatic N) is 2. The maximum Gasteiger partial charge on any atom is 0.129 e. The SMILES string of the molecule is CCn1ncc(Cl)c1C(O)c1ccc(C)cc1F. The molecule has 18 heavy (non-hydrogen) atoms. The summed E-state index contributed by atoms with van der Waals surface area (Å²) in [6.45, 7) is 4.24. The third kappa shape index (κ3) is 2.26. The van der Waals surface area contributed by atoms with Gasteiger partial charge in [0.15, 0.2) is 0 Å². The molecule has 0 radical (unpaired) electrons. The first-order valence-electron chi connectivity index (χ1n) is 5.70. The maximum atomic E-state index is 13.8. The molecule has 1 N–H and O–H groups in total. The lowest BCUT2D eigenvalue weighted by Gasteiger charge is -2.14. The molecule has 96 valence electrons. The highest BCUT2D eigenvalue weighted by molar-refractivity contribution is 6.31. The third-order valence-corrected chi connectivity index (χ3v) is 3.13. The van der Waals surface area contributed by atoms with Gasteiger partial charge < -0.3 is 5.11 Å². The number of aliphatic hydroxyl groups is 1. The van der Waals surface area contributed by atoms with Gasteiger partial charge in [0.1, 0.15) is 11.9 Å². The van der Waals surface area contributed by atoms with E-state index < -0.39 is 11.9 Å². The molecule has 0 amide bonds. The van der Waals surface area contributed by atoms with Gasteiger partial charge in [-0.05, 0) is 25.5 Å². The van der Waals surface area contributed by atoms with Crippen LogP contribution in [0.3, 0.4) is 0 Å². The summed E-state index contributed by atoms with van der Waals surface area (Å²) >= 11 is 5.99. The Bertz CT molecular complexity index is 568. The number of aromatic nitrogens is 2. The van der Waals surface area contributed by atoms with E-state index in [0.717, 1.165) is 5.56 Å². The molecule has 1 heterocycles. The van der Waals surface area contributed by atoms with Crippen LogP contribution in [0.2, 0.25) is 5.02 Å². The Labute approximate surface area is 110 Å². The van der Waals surface area contributed by atoms with E-state index in [-0.39, 0.29) is 5.56 Å². The molecule has 1 unspecified atom stereocenters. The van der Waals surface area contributed by atoms with Gasteiger partial charge in [0.2, 0.25) is 0 Å². The van der Waals surface area contributed by atoms with Gasteiger partial charge in [-0.1, -0.05) is 23.7 Å². The van der Waals surface area contributed by atoms with E-state index in [2.05, 4.69) is 5.10 Å². The summed E-state index contributed by atoms with van der Waals surface area (Å²) in [5.41, 5.74) is 1.43. The lowest BCUT2D eigenvalue weighted by molar-refractivity contribution is 0.203. The van der Waals surface area contributed by atoms with Crippen LogP contribution >= 0.6 is 11.6 Å². The molecule has 0 aliphatic carbocycles. The number of aryl methyl sites for hydroxylation is 2. The lowest BCUT2D eigenvalue weighted by Crippen LogP contribution is -2.11. The van der Waals surface area contributed by atoms with Crippen molar-refractivity contribution in [3.63, 3.8) is 0 Å². The fourth-order valence-electron chi connectivity index (χ4n) is 1.90. The van der Waals surface area contributed by atoms with Crippen LogP contribution in [0, 0.1) is 12.7 Å². The molecule has 0 bridgehead atoms. The second-order valence-corrected chi connectivity index (χ2v) is 4.53. The number of benzene rings is 1. The topological polar surface area (TPSA) is 38.0 Å². The van der Waals surface area contributed by atoms with Crippen LogP contribution in [-0.4, -0.2) is 14.9 Å². The largest absolute Gasteiger partial charge is 0.382 e. The molecule has 1 atom stereocenters. The van der Waals surface area contributed by atoms with Gasteiger partial charge in [-0.15, -0.1) is 0 Å². The van der Waals surface area contributed by atoms with Crippen LogP contribution < -0.4 is 0 Å². The van der Waals surface area contributed by atoms with Crippen LogP contribution in [0.1, 0.15) is 29.8 Å². The highest BCUT2D eigenvalue weighted by Crippen LogP contribution is 2.29. The summed E-state index contributed by atoms with van der Waals surface area (Å²) < 4.78 is 15.4. The van der Waals surface area contributed by atoms with Gasteiger partial charge in [0, 0.05) is 12.1 Å². The van der Waals surface area contributed by atoms with Crippen molar-refractivity contribution in [2.75, 3.05) is 0 Å². The normalized spacial score (nSPS) is 12.7. The monoisotopic (exact) mass is 268 g/mol. The van der Waals surface area contributed by atoms with Crippen molar-refractivity contribution in [2.45, 2.75) is 26.5 Å². The predicted molar refractivity (Wildman–Crippen MR) is 68.1 cm³/mol. The molecule has 2 aromatic rings. The molecule has 3 nitrogen and oxygen atoms in total. The van der Waals surface area contributed by atoms with Crippen molar-refractivity contribution >= 4 is 11.6 Å². The molecule has 1 aromatic heterocycles. The summed E-state index contributed by atoms with van der Waals surface area (Å²) in [6.07, 6.45) is 0.343. The minimum Gasteiger partial charge on any atom is -0.382 e. The van der Waals surface area contributed by atoms with Crippen LogP contribution in [-0.2, 0) is 6.54 Å². The summed E-state index contributed by atoms with van der Waals surface area (Å²) in [5.74, 6) is -0.442. The molecular formula is C13H14ClFN2O. The lowest BCUT2D eigenvalue weighted by atomic mass is 10.0. The van der Waals surface area contributed by atoms with Crippen molar-refractivity contribution < 1.29 is 9.50 Å². The average Bonchev–Trinajstić information content (AvgIpc) is 2.69. The van der Waals surface area contributed by atoms with Crippen LogP contribution in [0.5, 0.6) is 0 Å². The summed E-state index contributed by atoms with van der Waals surface area (Å²) in [5, 5.41) is 14.6. The number of halogens is 2. The Morgan fingerprint density at radius 1 is 1.50 bits per heavy atom. The quantitative estimate of drug-likeness (QED) is 0.929. The van der Waals surface area contributed by atoms with E-state index in [0.29, 0.717) is 17.3 Å². The zero-order valence-electron chi connectivity index (χ0n) is 10.2. The van der Waals surface area contributed by atoms with Gasteiger partial charge in [-0.3, -0.25) is 4.68 Å². The zero-order chi connectivity index (χ0) is 13.3. The summed E-state index contributed by atoms with van der Waals surface area (Å²) in [4.78, 5) is 0. The number of hydrogen-bond donors (Lipinski definition) is 1. The molecule has 0 aliphatic rings. The molecule has 0 fully saturated rings. The van der Waals surface area contributed by atoms with Crippen molar-refractivity contribution in [2.24, 2.45) is 0 Å². The van der Waals surface area contributed by atoms with Crippen molar-refractivity contribution in [3.05, 3.63) is 52.1 Å². The zero-order valence-corrected chi connectivity index (χ0v) is 10.9. The molecule has 0 saturated carbocycles. The van der Waals surface area contributed by atoms with E-state index in [1.807, 2.05) is 6.92 Å². The van der Waals surface area contributed by atoms with Gasteiger partial charge >= 0.3 is 0 Å². The number of rotatable bonds is 3. The Balaban J connectivity index is 2.47. The Morgan fingerprint density at radius 2 is 2.22 bits per heavy atom. The summed E-state index contributed by atoms with van der Waals surface area (Å²) in [7, 11) is 0. The standard InChI is InChI=1S/C13H14ClFN2O/c1-3-17-12(10(14)7-16-17)13(18)9-5-4-8(2)6-11(9)15/h4-7,13,18H,3H2,1-2H3. The minimum atomic E-state index is -1.11. The van der Waals surface area contributed by atoms with Crippen molar-refractivity contribution in [1.82, 2.24) is 9.78 Å². The van der Waals surface area contributed by atoms with Crippen molar-refractivity contribution in [3.8, 4) is 0 Å². The Kier molecular flexibility index (Phi) is 3.68. The second-order valence-electron chi connectivity index (χ2n) is 4.12. The van der Waals surface area contributed by atoms with Gasteiger partial charge in [-0.2, -0.15) is 5.10 Å². The van der Waals surface area contributed by atoms with Gasteiger partial charge in [-0.25, -0.2) is 4.39 Å². The average molecular weight is 269 g/mol. The van der Waals surface area contributed by atoms with Crippen LogP contribution in [0.15, 0.2) is 24.4 Å². The number of aliphatic hydroxyl groups excluding tert-OH is 1. The van der Waals surface area contributed by atoms with Gasteiger partial charge in [0.05, 0.1) is 16.9 Å². The molecular weight excluding hydrogens is 255 g/mol. The molecule has 0 spiro atoms. The number of hydrogen-bond acceptors (Lipinski definition) is 2. The maximum absolute atomic E-state index is 13.8. The molecule has 0 aliphatic heterocycles. The fraction of sp³-hybridized carbons (Fsp3) is 0.308. The highest BCUT2D eigenvalue weighted by atomic mass is 35.5. The predicted octanol–water partition coefficient (Wildman–Crippen LogP) is 3.09. The van der Waals surface area contributed by atoms with E-state index in [4.69, 9.17) is 11.6 Å². The minimum absolute atomic E-state index is 0.206. The highest BCUT2D eigenvalue weighted by Gasteiger charge is 2.22. The van der Waals surface area contributed by atoms with Crippen LogP contribution in [0.4, 0.5) is 4.39 Å². The first-order valence-corrected chi connectivity index (χ1v) is 6.07. The van der Waals surface area contributed by atoms with E-state index in [9.17, 15) is 9.50 Å². The molecule has 5 heteroatoms. The Hall–Kier alpha value is -1.39. The fourth-order valence-corrected chi connectivity index (χ4v) is 2.14. The van der Waals surface area contributed by atoms with Gasteiger partial charge in [0.25, 0.3) is 0 Å². The molecule has 1 aromatic carbocycles. The van der Waals surface area contributed by atoms with Crippen molar-refractivity contribution in [1.29, 1.82) is 0 Å². The first kappa shape index (κ1) is 13.1. The van der Waals surface area contributed by atoms with Crippen LogP contribution in [0.25, 0.3) is 0 Å². The third-order valence-electron chi connectivity index (χ3n) is 2.84. The van der Waals surface area contributed by atoms with E-state index in [1.165, 1.54) is 12.3 Å². The smallest absolute Gasteiger partial charge is 0.129 e. The molecule has 0 saturated heterocycles. The molecule has 2 rings (SSSR count). The second kappa shape index (κ2) is 5.08. The van der Waals surface area contributed by atoms with E-state index in [1.54, 1.807) is 23.7 Å². The first-order chi connectivity index (χ1) is 8.54. The summed E-state index contributed by atoms with van der Waals surface area (Å²) in [6, 6.07) is 4.71. The van der Waals surface area contributed by atoms with E-state index >= 15 is 0 Å².